The van der Waals surface area contributed by atoms with E-state index in [0.29, 0.717) is 0 Å². The van der Waals surface area contributed by atoms with Crippen molar-refractivity contribution in [2.75, 3.05) is 0 Å². The van der Waals surface area contributed by atoms with Crippen molar-refractivity contribution in [1.29, 1.82) is 0 Å². The SMILES string of the molecule is CC1(C)OB(C(F)=Cc2ccccc2F)OC1(C)C. The van der Waals surface area contributed by atoms with Crippen molar-refractivity contribution in [3.8, 4) is 0 Å². The Bertz CT molecular complexity index is 496. The third kappa shape index (κ3) is 2.72. The van der Waals surface area contributed by atoms with Crippen LogP contribution in [0.4, 0.5) is 8.78 Å². The van der Waals surface area contributed by atoms with E-state index in [1.165, 1.54) is 12.1 Å². The highest BCUT2D eigenvalue weighted by Gasteiger charge is 2.53. The van der Waals surface area contributed by atoms with E-state index in [-0.39, 0.29) is 5.56 Å². The van der Waals surface area contributed by atoms with Crippen LogP contribution in [0.2, 0.25) is 0 Å². The van der Waals surface area contributed by atoms with Gasteiger partial charge in [0.15, 0.2) is 0 Å². The van der Waals surface area contributed by atoms with E-state index in [1.807, 2.05) is 27.7 Å². The van der Waals surface area contributed by atoms with Gasteiger partial charge in [-0.05, 0) is 39.8 Å². The average molecular weight is 266 g/mol. The van der Waals surface area contributed by atoms with Crippen molar-refractivity contribution in [1.82, 2.24) is 0 Å². The summed E-state index contributed by atoms with van der Waals surface area (Å²) in [7, 11) is -1.09. The van der Waals surface area contributed by atoms with Gasteiger partial charge in [-0.25, -0.2) is 8.78 Å². The van der Waals surface area contributed by atoms with Crippen molar-refractivity contribution < 1.29 is 18.1 Å². The van der Waals surface area contributed by atoms with Gasteiger partial charge in [0.2, 0.25) is 0 Å². The smallest absolute Gasteiger partial charge is 0.398 e. The summed E-state index contributed by atoms with van der Waals surface area (Å²) in [6, 6.07) is 5.98. The first-order valence-electron chi connectivity index (χ1n) is 6.20. The molecule has 1 fully saturated rings. The first-order chi connectivity index (χ1) is 8.73. The van der Waals surface area contributed by atoms with Crippen LogP contribution in [-0.4, -0.2) is 18.3 Å². The molecule has 19 heavy (non-hydrogen) atoms. The maximum Gasteiger partial charge on any atom is 0.525 e. The molecule has 1 heterocycles. The molecule has 0 N–H and O–H groups in total. The zero-order valence-electron chi connectivity index (χ0n) is 11.5. The van der Waals surface area contributed by atoms with E-state index in [4.69, 9.17) is 9.31 Å². The summed E-state index contributed by atoms with van der Waals surface area (Å²) in [5.41, 5.74) is -1.69. The molecule has 2 rings (SSSR count). The fourth-order valence-electron chi connectivity index (χ4n) is 1.76. The Kier molecular flexibility index (Phi) is 3.54. The summed E-state index contributed by atoms with van der Waals surface area (Å²) in [6.45, 7) is 7.35. The van der Waals surface area contributed by atoms with Gasteiger partial charge in [0.1, 0.15) is 11.5 Å². The lowest BCUT2D eigenvalue weighted by molar-refractivity contribution is 0.00578. The Labute approximate surface area is 112 Å². The summed E-state index contributed by atoms with van der Waals surface area (Å²) in [5, 5.41) is 0. The summed E-state index contributed by atoms with van der Waals surface area (Å²) >= 11 is 0. The van der Waals surface area contributed by atoms with E-state index in [9.17, 15) is 8.78 Å². The third-order valence-electron chi connectivity index (χ3n) is 3.68. The Balaban J connectivity index is 2.23. The van der Waals surface area contributed by atoms with Crippen LogP contribution in [0.15, 0.2) is 30.0 Å². The van der Waals surface area contributed by atoms with Gasteiger partial charge in [-0.1, -0.05) is 18.2 Å². The highest BCUT2D eigenvalue weighted by atomic mass is 19.1. The molecule has 1 aliphatic heterocycles. The van der Waals surface area contributed by atoms with E-state index in [2.05, 4.69) is 0 Å². The molecule has 102 valence electrons. The number of halogens is 2. The fourth-order valence-corrected chi connectivity index (χ4v) is 1.76. The van der Waals surface area contributed by atoms with Gasteiger partial charge in [-0.2, -0.15) is 0 Å². The van der Waals surface area contributed by atoms with Crippen molar-refractivity contribution >= 4 is 13.2 Å². The zero-order valence-corrected chi connectivity index (χ0v) is 11.5. The lowest BCUT2D eigenvalue weighted by atomic mass is 9.87. The monoisotopic (exact) mass is 266 g/mol. The van der Waals surface area contributed by atoms with E-state index in [0.717, 1.165) is 6.08 Å². The van der Waals surface area contributed by atoms with Gasteiger partial charge >= 0.3 is 7.12 Å². The Morgan fingerprint density at radius 3 is 2.16 bits per heavy atom. The highest BCUT2D eigenvalue weighted by Crippen LogP contribution is 2.39. The minimum absolute atomic E-state index is 0.176. The maximum absolute atomic E-state index is 14.1. The second-order valence-corrected chi connectivity index (χ2v) is 5.64. The minimum atomic E-state index is -1.09. The van der Waals surface area contributed by atoms with Gasteiger partial charge in [-0.15, -0.1) is 0 Å². The zero-order chi connectivity index (χ0) is 14.3. The molecule has 1 saturated heterocycles. The van der Waals surface area contributed by atoms with E-state index >= 15 is 0 Å². The molecule has 1 aromatic rings. The number of benzene rings is 1. The van der Waals surface area contributed by atoms with Crippen LogP contribution in [0.1, 0.15) is 33.3 Å². The van der Waals surface area contributed by atoms with Gasteiger partial charge < -0.3 is 9.31 Å². The van der Waals surface area contributed by atoms with Crippen LogP contribution in [0.5, 0.6) is 0 Å². The maximum atomic E-state index is 14.1. The molecule has 0 saturated carbocycles. The predicted octanol–water partition coefficient (Wildman–Crippen LogP) is 3.77. The van der Waals surface area contributed by atoms with Crippen LogP contribution in [0.3, 0.4) is 0 Å². The molecular formula is C14H17BF2O2. The lowest BCUT2D eigenvalue weighted by Crippen LogP contribution is -2.41. The first-order valence-corrected chi connectivity index (χ1v) is 6.20. The molecule has 0 spiro atoms. The quantitative estimate of drug-likeness (QED) is 0.758. The Morgan fingerprint density at radius 2 is 1.63 bits per heavy atom. The molecule has 0 amide bonds. The normalized spacial score (nSPS) is 21.8. The molecule has 0 unspecified atom stereocenters. The molecule has 0 atom stereocenters. The summed E-state index contributed by atoms with van der Waals surface area (Å²) in [6.07, 6.45) is 1.11. The van der Waals surface area contributed by atoms with Gasteiger partial charge in [0.25, 0.3) is 0 Å². The molecular weight excluding hydrogens is 249 g/mol. The van der Waals surface area contributed by atoms with Crippen LogP contribution in [0.25, 0.3) is 6.08 Å². The van der Waals surface area contributed by atoms with Crippen LogP contribution in [-0.2, 0) is 9.31 Å². The molecule has 0 aromatic heterocycles. The summed E-state index contributed by atoms with van der Waals surface area (Å²) in [4.78, 5) is 0. The van der Waals surface area contributed by atoms with Crippen molar-refractivity contribution in [2.45, 2.75) is 38.9 Å². The van der Waals surface area contributed by atoms with Gasteiger partial charge in [-0.3, -0.25) is 0 Å². The topological polar surface area (TPSA) is 18.5 Å². The molecule has 0 radical (unpaired) electrons. The van der Waals surface area contributed by atoms with Crippen LogP contribution < -0.4 is 0 Å². The molecule has 1 aliphatic rings. The van der Waals surface area contributed by atoms with Crippen molar-refractivity contribution in [2.24, 2.45) is 0 Å². The lowest BCUT2D eigenvalue weighted by Gasteiger charge is -2.32. The summed E-state index contributed by atoms with van der Waals surface area (Å²) < 4.78 is 38.7. The first kappa shape index (κ1) is 14.2. The fraction of sp³-hybridized carbons (Fsp3) is 0.429. The van der Waals surface area contributed by atoms with Gasteiger partial charge in [0, 0.05) is 5.56 Å². The largest absolute Gasteiger partial charge is 0.525 e. The molecule has 1 aromatic carbocycles. The highest BCUT2D eigenvalue weighted by molar-refractivity contribution is 6.54. The number of rotatable bonds is 2. The van der Waals surface area contributed by atoms with Gasteiger partial charge in [0.05, 0.1) is 11.2 Å². The second kappa shape index (κ2) is 4.73. The standard InChI is InChI=1S/C14H17BF2O2/c1-13(2)14(3,4)19-15(18-13)12(17)9-10-7-5-6-8-11(10)16/h5-9H,1-4H3. The molecule has 0 aliphatic carbocycles. The van der Waals surface area contributed by atoms with E-state index in [1.54, 1.807) is 12.1 Å². The van der Waals surface area contributed by atoms with Crippen molar-refractivity contribution in [3.63, 3.8) is 0 Å². The molecule has 5 heteroatoms. The average Bonchev–Trinajstić information content (AvgIpc) is 2.51. The predicted molar refractivity (Wildman–Crippen MR) is 71.6 cm³/mol. The number of hydrogen-bond acceptors (Lipinski definition) is 2. The summed E-state index contributed by atoms with van der Waals surface area (Å²) in [5.74, 6) is -0.478. The number of hydrogen-bond donors (Lipinski definition) is 0. The Hall–Kier alpha value is -1.20. The second-order valence-electron chi connectivity index (χ2n) is 5.64. The molecule has 0 bridgehead atoms. The molecule has 2 nitrogen and oxygen atoms in total. The van der Waals surface area contributed by atoms with Crippen LogP contribution in [0, 0.1) is 5.82 Å². The Morgan fingerprint density at radius 1 is 1.11 bits per heavy atom. The van der Waals surface area contributed by atoms with Crippen molar-refractivity contribution in [3.05, 3.63) is 41.4 Å². The van der Waals surface area contributed by atoms with Crippen LogP contribution >= 0.6 is 0 Å². The third-order valence-corrected chi connectivity index (χ3v) is 3.68. The minimum Gasteiger partial charge on any atom is -0.398 e. The van der Waals surface area contributed by atoms with E-state index < -0.39 is 29.9 Å².